The van der Waals surface area contributed by atoms with Crippen molar-refractivity contribution in [1.82, 2.24) is 0 Å². The number of ether oxygens (including phenoxy) is 1. The SMILES string of the molecule is COc1cccc(S(=O)(=O)CC(C)C#N)c1. The maximum absolute atomic E-state index is 11.9. The van der Waals surface area contributed by atoms with E-state index in [-0.39, 0.29) is 10.6 Å². The monoisotopic (exact) mass is 239 g/mol. The molecule has 0 saturated carbocycles. The van der Waals surface area contributed by atoms with Crippen LogP contribution in [-0.4, -0.2) is 21.3 Å². The number of benzene rings is 1. The first-order valence-electron chi connectivity index (χ1n) is 4.76. The zero-order valence-corrected chi connectivity index (χ0v) is 9.99. The molecular formula is C11H13NO3S. The highest BCUT2D eigenvalue weighted by molar-refractivity contribution is 7.91. The molecule has 0 aliphatic carbocycles. The summed E-state index contributed by atoms with van der Waals surface area (Å²) in [6, 6.07) is 8.16. The van der Waals surface area contributed by atoms with Crippen molar-refractivity contribution in [3.63, 3.8) is 0 Å². The molecule has 1 unspecified atom stereocenters. The second-order valence-corrected chi connectivity index (χ2v) is 5.52. The highest BCUT2D eigenvalue weighted by Gasteiger charge is 2.18. The first-order valence-corrected chi connectivity index (χ1v) is 6.41. The molecule has 0 amide bonds. The molecule has 4 nitrogen and oxygen atoms in total. The van der Waals surface area contributed by atoms with Crippen LogP contribution in [0.2, 0.25) is 0 Å². The van der Waals surface area contributed by atoms with Crippen molar-refractivity contribution >= 4 is 9.84 Å². The van der Waals surface area contributed by atoms with Gasteiger partial charge in [-0.3, -0.25) is 0 Å². The van der Waals surface area contributed by atoms with Gasteiger partial charge in [-0.1, -0.05) is 6.07 Å². The quantitative estimate of drug-likeness (QED) is 0.800. The van der Waals surface area contributed by atoms with Gasteiger partial charge in [0.1, 0.15) is 5.75 Å². The molecular weight excluding hydrogens is 226 g/mol. The van der Waals surface area contributed by atoms with Crippen molar-refractivity contribution in [2.45, 2.75) is 11.8 Å². The Morgan fingerprint density at radius 2 is 2.19 bits per heavy atom. The van der Waals surface area contributed by atoms with Gasteiger partial charge in [0.05, 0.1) is 29.7 Å². The van der Waals surface area contributed by atoms with Crippen LogP contribution in [0.4, 0.5) is 0 Å². The van der Waals surface area contributed by atoms with Crippen molar-refractivity contribution < 1.29 is 13.2 Å². The topological polar surface area (TPSA) is 67.2 Å². The Labute approximate surface area is 95.4 Å². The van der Waals surface area contributed by atoms with Gasteiger partial charge in [-0.25, -0.2) is 8.42 Å². The molecule has 0 N–H and O–H groups in total. The lowest BCUT2D eigenvalue weighted by Gasteiger charge is -2.07. The molecule has 1 atom stereocenters. The Morgan fingerprint density at radius 3 is 2.75 bits per heavy atom. The van der Waals surface area contributed by atoms with E-state index >= 15 is 0 Å². The molecule has 0 aliphatic heterocycles. The number of nitriles is 1. The molecule has 0 fully saturated rings. The third-order valence-electron chi connectivity index (χ3n) is 2.09. The summed E-state index contributed by atoms with van der Waals surface area (Å²) in [6.07, 6.45) is 0. The van der Waals surface area contributed by atoms with Crippen LogP contribution in [0.25, 0.3) is 0 Å². The number of sulfone groups is 1. The third-order valence-corrected chi connectivity index (χ3v) is 4.00. The highest BCUT2D eigenvalue weighted by Crippen LogP contribution is 2.19. The lowest BCUT2D eigenvalue weighted by molar-refractivity contribution is 0.413. The minimum Gasteiger partial charge on any atom is -0.497 e. The first kappa shape index (κ1) is 12.5. The average Bonchev–Trinajstić information content (AvgIpc) is 2.28. The molecule has 1 aromatic carbocycles. The van der Waals surface area contributed by atoms with E-state index in [2.05, 4.69) is 0 Å². The molecule has 0 heterocycles. The van der Waals surface area contributed by atoms with Crippen molar-refractivity contribution in [2.75, 3.05) is 12.9 Å². The molecule has 0 radical (unpaired) electrons. The van der Waals surface area contributed by atoms with E-state index in [0.717, 1.165) is 0 Å². The molecule has 1 rings (SSSR count). The van der Waals surface area contributed by atoms with E-state index in [9.17, 15) is 8.42 Å². The summed E-state index contributed by atoms with van der Waals surface area (Å²) in [5.74, 6) is -0.196. The minimum atomic E-state index is -3.41. The minimum absolute atomic E-state index is 0.170. The van der Waals surface area contributed by atoms with Crippen LogP contribution < -0.4 is 4.74 Å². The van der Waals surface area contributed by atoms with Gasteiger partial charge in [-0.15, -0.1) is 0 Å². The van der Waals surface area contributed by atoms with E-state index in [1.54, 1.807) is 19.1 Å². The van der Waals surface area contributed by atoms with Gasteiger partial charge in [0.2, 0.25) is 0 Å². The smallest absolute Gasteiger partial charge is 0.179 e. The van der Waals surface area contributed by atoms with Crippen LogP contribution in [0.15, 0.2) is 29.2 Å². The van der Waals surface area contributed by atoms with Crippen molar-refractivity contribution in [3.8, 4) is 11.8 Å². The molecule has 0 spiro atoms. The van der Waals surface area contributed by atoms with E-state index in [1.165, 1.54) is 19.2 Å². The molecule has 16 heavy (non-hydrogen) atoms. The van der Waals surface area contributed by atoms with Crippen LogP contribution in [-0.2, 0) is 9.84 Å². The van der Waals surface area contributed by atoms with Crippen molar-refractivity contribution in [3.05, 3.63) is 24.3 Å². The zero-order chi connectivity index (χ0) is 12.2. The molecule has 0 aliphatic rings. The Balaban J connectivity index is 3.03. The van der Waals surface area contributed by atoms with Gasteiger partial charge in [0.15, 0.2) is 9.84 Å². The molecule has 1 aromatic rings. The van der Waals surface area contributed by atoms with E-state index in [1.807, 2.05) is 6.07 Å². The fourth-order valence-corrected chi connectivity index (χ4v) is 2.76. The van der Waals surface area contributed by atoms with Gasteiger partial charge < -0.3 is 4.74 Å². The predicted octanol–water partition coefficient (Wildman–Crippen LogP) is 1.63. The normalized spacial score (nSPS) is 12.8. The summed E-state index contributed by atoms with van der Waals surface area (Å²) in [5, 5.41) is 8.61. The Morgan fingerprint density at radius 1 is 1.50 bits per heavy atom. The van der Waals surface area contributed by atoms with Crippen LogP contribution >= 0.6 is 0 Å². The van der Waals surface area contributed by atoms with E-state index in [4.69, 9.17) is 10.00 Å². The summed E-state index contributed by atoms with van der Waals surface area (Å²) >= 11 is 0. The highest BCUT2D eigenvalue weighted by atomic mass is 32.2. The Bertz CT molecular complexity index is 502. The summed E-state index contributed by atoms with van der Waals surface area (Å²) in [5.41, 5.74) is 0. The number of nitrogens with zero attached hydrogens (tertiary/aromatic N) is 1. The molecule has 86 valence electrons. The van der Waals surface area contributed by atoms with Gasteiger partial charge in [0, 0.05) is 0 Å². The number of hydrogen-bond acceptors (Lipinski definition) is 4. The Kier molecular flexibility index (Phi) is 3.91. The van der Waals surface area contributed by atoms with Crippen LogP contribution in [0.3, 0.4) is 0 Å². The maximum atomic E-state index is 11.9. The number of methoxy groups -OCH3 is 1. The second-order valence-electron chi connectivity index (χ2n) is 3.49. The lowest BCUT2D eigenvalue weighted by atomic mass is 10.3. The molecule has 5 heteroatoms. The lowest BCUT2D eigenvalue weighted by Crippen LogP contribution is -2.12. The molecule has 0 saturated heterocycles. The summed E-state index contributed by atoms with van der Waals surface area (Å²) in [7, 11) is -1.93. The number of rotatable bonds is 4. The fourth-order valence-electron chi connectivity index (χ4n) is 1.26. The largest absolute Gasteiger partial charge is 0.497 e. The molecule has 0 aromatic heterocycles. The average molecular weight is 239 g/mol. The fraction of sp³-hybridized carbons (Fsp3) is 0.364. The first-order chi connectivity index (χ1) is 7.49. The zero-order valence-electron chi connectivity index (χ0n) is 9.17. The van der Waals surface area contributed by atoms with Gasteiger partial charge in [0.25, 0.3) is 0 Å². The van der Waals surface area contributed by atoms with Gasteiger partial charge in [-0.05, 0) is 25.1 Å². The van der Waals surface area contributed by atoms with Crippen LogP contribution in [0, 0.1) is 17.2 Å². The second kappa shape index (κ2) is 4.99. The van der Waals surface area contributed by atoms with Crippen LogP contribution in [0.1, 0.15) is 6.92 Å². The van der Waals surface area contributed by atoms with Crippen molar-refractivity contribution in [1.29, 1.82) is 5.26 Å². The maximum Gasteiger partial charge on any atom is 0.179 e. The summed E-state index contributed by atoms with van der Waals surface area (Å²) in [4.78, 5) is 0.189. The predicted molar refractivity (Wildman–Crippen MR) is 59.8 cm³/mol. The van der Waals surface area contributed by atoms with E-state index < -0.39 is 15.8 Å². The summed E-state index contributed by atoms with van der Waals surface area (Å²) < 4.78 is 28.7. The number of hydrogen-bond donors (Lipinski definition) is 0. The standard InChI is InChI=1S/C11H13NO3S/c1-9(7-12)8-16(13,14)11-5-3-4-10(6-11)15-2/h3-6,9H,8H2,1-2H3. The van der Waals surface area contributed by atoms with Gasteiger partial charge in [-0.2, -0.15) is 5.26 Å². The van der Waals surface area contributed by atoms with E-state index in [0.29, 0.717) is 5.75 Å². The van der Waals surface area contributed by atoms with Crippen molar-refractivity contribution in [2.24, 2.45) is 5.92 Å². The molecule has 0 bridgehead atoms. The third kappa shape index (κ3) is 2.97. The Hall–Kier alpha value is -1.54. The summed E-state index contributed by atoms with van der Waals surface area (Å²) in [6.45, 7) is 1.58. The van der Waals surface area contributed by atoms with Crippen LogP contribution in [0.5, 0.6) is 5.75 Å². The van der Waals surface area contributed by atoms with Gasteiger partial charge >= 0.3 is 0 Å².